The Bertz CT molecular complexity index is 99.7. The molecule has 0 aromatic rings. The molecule has 0 saturated heterocycles. The molecule has 0 atom stereocenters. The molecule has 0 aliphatic carbocycles. The maximum absolute atomic E-state index is 9.05. The van der Waals surface area contributed by atoms with Gasteiger partial charge in [-0.25, -0.2) is 0 Å². The Balaban J connectivity index is -0.0000000286. The number of hydrogen-bond acceptors (Lipinski definition) is 4. The Morgan fingerprint density at radius 2 is 1.33 bits per heavy atom. The van der Waals surface area contributed by atoms with Crippen LogP contribution in [-0.2, 0) is 9.15 Å². The molecule has 6 nitrogen and oxygen atoms in total. The fourth-order valence-corrected chi connectivity index (χ4v) is 0. The molecular weight excluding hydrogens is 179 g/mol. The van der Waals surface area contributed by atoms with Crippen LogP contribution in [0.4, 0.5) is 0 Å². The number of rotatable bonds is 0. The molecule has 0 rings (SSSR count). The zero-order chi connectivity index (χ0) is 6.50. The molecule has 0 aromatic heterocycles. The maximum atomic E-state index is 9.05. The van der Waals surface area contributed by atoms with Gasteiger partial charge in [-0.05, 0) is 11.7 Å². The van der Waals surface area contributed by atoms with Gasteiger partial charge in [-0.2, -0.15) is 8.42 Å². The summed E-state index contributed by atoms with van der Waals surface area (Å²) in [4.78, 5) is 0. The second-order valence-corrected chi connectivity index (χ2v) is 2.73. The first-order valence-corrected chi connectivity index (χ1v) is 3.52. The van der Waals surface area contributed by atoms with Crippen molar-refractivity contribution in [2.75, 3.05) is 0 Å². The summed E-state index contributed by atoms with van der Waals surface area (Å²) in [7, 11) is -3.97. The Morgan fingerprint density at radius 1 is 1.33 bits per heavy atom. The van der Waals surface area contributed by atoms with Crippen LogP contribution in [-0.4, -0.2) is 48.0 Å². The van der Waals surface area contributed by atoms with Crippen molar-refractivity contribution in [3.8, 4) is 0 Å². The molecule has 0 aliphatic heterocycles. The summed E-state index contributed by atoms with van der Waals surface area (Å²) in [5.74, 6) is 8.00. The third-order valence-corrected chi connectivity index (χ3v) is 0. The molecule has 7 N–H and O–H groups in total. The van der Waals surface area contributed by atoms with Gasteiger partial charge in [0.1, 0.15) is 0 Å². The van der Waals surface area contributed by atoms with Crippen molar-refractivity contribution in [3.05, 3.63) is 0 Å². The number of hydrazine groups is 1. The van der Waals surface area contributed by atoms with Crippen LogP contribution in [0, 0.1) is 0 Å². The van der Waals surface area contributed by atoms with E-state index in [4.69, 9.17) is 13.0 Å². The fourth-order valence-electron chi connectivity index (χ4n) is 0. The SMILES string of the molecule is NN.O.O=S(=O)(O)S.[NaH]. The normalized spacial score (nSPS) is 7.11. The van der Waals surface area contributed by atoms with Crippen molar-refractivity contribution in [3.63, 3.8) is 0 Å². The van der Waals surface area contributed by atoms with Crippen LogP contribution in [0.15, 0.2) is 0 Å². The third-order valence-electron chi connectivity index (χ3n) is 0. The van der Waals surface area contributed by atoms with E-state index >= 15 is 0 Å². The van der Waals surface area contributed by atoms with Gasteiger partial charge in [0.2, 0.25) is 0 Å². The molecule has 0 fully saturated rings. The van der Waals surface area contributed by atoms with E-state index in [0.29, 0.717) is 0 Å². The molecule has 0 unspecified atom stereocenters. The number of hydrogen-bond donors (Lipinski definition) is 4. The molecule has 0 bridgehead atoms. The van der Waals surface area contributed by atoms with Crippen LogP contribution >= 0.6 is 11.7 Å². The second kappa shape index (κ2) is 11.9. The summed E-state index contributed by atoms with van der Waals surface area (Å²) in [5, 5.41) is 0. The van der Waals surface area contributed by atoms with Crippen molar-refractivity contribution in [1.82, 2.24) is 0 Å². The van der Waals surface area contributed by atoms with Gasteiger partial charge < -0.3 is 5.48 Å². The zero-order valence-corrected chi connectivity index (χ0v) is 5.48. The van der Waals surface area contributed by atoms with Gasteiger partial charge in [0.25, 0.3) is 0 Å². The molecule has 0 aliphatic rings. The van der Waals surface area contributed by atoms with Crippen molar-refractivity contribution < 1.29 is 18.4 Å². The van der Waals surface area contributed by atoms with Crippen molar-refractivity contribution in [2.45, 2.75) is 0 Å². The van der Waals surface area contributed by atoms with E-state index in [2.05, 4.69) is 23.3 Å². The minimum atomic E-state index is -3.97. The molecule has 0 aromatic carbocycles. The van der Waals surface area contributed by atoms with Crippen LogP contribution in [0.25, 0.3) is 0 Å². The van der Waals surface area contributed by atoms with Crippen molar-refractivity contribution >= 4 is 50.4 Å². The van der Waals surface area contributed by atoms with Gasteiger partial charge in [-0.1, -0.05) is 0 Å². The number of thiol groups is 1. The minimum absolute atomic E-state index is 0. The van der Waals surface area contributed by atoms with E-state index in [1.807, 2.05) is 0 Å². The molecule has 56 valence electrons. The Kier molecular flexibility index (Phi) is 29.7. The monoisotopic (exact) mass is 188 g/mol. The van der Waals surface area contributed by atoms with E-state index in [-0.39, 0.29) is 35.0 Å². The molecule has 0 saturated carbocycles. The van der Waals surface area contributed by atoms with E-state index < -0.39 is 9.15 Å². The van der Waals surface area contributed by atoms with Crippen molar-refractivity contribution in [2.24, 2.45) is 11.7 Å². The van der Waals surface area contributed by atoms with Crippen LogP contribution in [0.1, 0.15) is 0 Å². The average Bonchev–Trinajstić information content (AvgIpc) is 1.36. The fraction of sp³-hybridized carbons (Fsp3) is 0. The quantitative estimate of drug-likeness (QED) is 0.0804. The van der Waals surface area contributed by atoms with Crippen LogP contribution < -0.4 is 11.7 Å². The summed E-state index contributed by atoms with van der Waals surface area (Å²) in [6.45, 7) is 0. The summed E-state index contributed by atoms with van der Waals surface area (Å²) in [5.41, 5.74) is 0. The van der Waals surface area contributed by atoms with Gasteiger partial charge in [0.05, 0.1) is 0 Å². The van der Waals surface area contributed by atoms with Gasteiger partial charge >= 0.3 is 38.7 Å². The Morgan fingerprint density at radius 3 is 1.33 bits per heavy atom. The first kappa shape index (κ1) is 22.5. The molecule has 9 heavy (non-hydrogen) atoms. The third kappa shape index (κ3) is 359. The van der Waals surface area contributed by atoms with Crippen LogP contribution in [0.2, 0.25) is 0 Å². The number of nitrogens with two attached hydrogens (primary N) is 2. The average molecular weight is 188 g/mol. The standard InChI is InChI=1S/H4N2.Na.H2O3S2.H2O.H/c1-2;;1-5(2,3)4;;/h1-2H2;;(H2,1,2,3,4);1H2;. The van der Waals surface area contributed by atoms with E-state index in [0.717, 1.165) is 0 Å². The summed E-state index contributed by atoms with van der Waals surface area (Å²) < 4.78 is 25.5. The van der Waals surface area contributed by atoms with E-state index in [9.17, 15) is 0 Å². The first-order valence-electron chi connectivity index (χ1n) is 1.03. The Labute approximate surface area is 80.1 Å². The van der Waals surface area contributed by atoms with Gasteiger partial charge in [0, 0.05) is 0 Å². The van der Waals surface area contributed by atoms with Crippen LogP contribution in [0.5, 0.6) is 0 Å². The molecule has 0 spiro atoms. The van der Waals surface area contributed by atoms with Crippen LogP contribution in [0.3, 0.4) is 0 Å². The summed E-state index contributed by atoms with van der Waals surface area (Å²) >= 11 is 2.65. The van der Waals surface area contributed by atoms with E-state index in [1.54, 1.807) is 0 Å². The summed E-state index contributed by atoms with van der Waals surface area (Å²) in [6, 6.07) is 0. The topological polar surface area (TPSA) is 138 Å². The molecular formula is H9N2NaO4S2. The molecule has 0 heterocycles. The van der Waals surface area contributed by atoms with Gasteiger partial charge in [-0.3, -0.25) is 16.2 Å². The van der Waals surface area contributed by atoms with Gasteiger partial charge in [-0.15, -0.1) is 0 Å². The molecule has 0 amide bonds. The van der Waals surface area contributed by atoms with Gasteiger partial charge in [0.15, 0.2) is 0 Å². The van der Waals surface area contributed by atoms with E-state index in [1.165, 1.54) is 0 Å². The zero-order valence-electron chi connectivity index (χ0n) is 3.77. The Hall–Kier alpha value is 1.14. The predicted octanol–water partition coefficient (Wildman–Crippen LogP) is -2.94. The predicted molar refractivity (Wildman–Crippen MR) is 39.7 cm³/mol. The molecule has 9 heteroatoms. The first-order chi connectivity index (χ1) is 3.00. The van der Waals surface area contributed by atoms with Crippen molar-refractivity contribution in [1.29, 1.82) is 0 Å². The molecule has 0 radical (unpaired) electrons. The second-order valence-electron chi connectivity index (χ2n) is 0.448. The summed E-state index contributed by atoms with van der Waals surface area (Å²) in [6.07, 6.45) is 0.